The van der Waals surface area contributed by atoms with Crippen LogP contribution in [0, 0.1) is 0 Å². The van der Waals surface area contributed by atoms with E-state index in [9.17, 15) is 0 Å². The van der Waals surface area contributed by atoms with E-state index in [0.717, 1.165) is 17.0 Å². The molecule has 0 aliphatic rings. The lowest BCUT2D eigenvalue weighted by Gasteiger charge is -2.21. The minimum Gasteiger partial charge on any atom is -0.496 e. The van der Waals surface area contributed by atoms with Gasteiger partial charge in [0, 0.05) is 22.8 Å². The van der Waals surface area contributed by atoms with Crippen LogP contribution in [-0.4, -0.2) is 13.7 Å². The third-order valence-corrected chi connectivity index (χ3v) is 3.15. The van der Waals surface area contributed by atoms with E-state index in [1.165, 1.54) is 0 Å². The molecule has 0 aliphatic carbocycles. The van der Waals surface area contributed by atoms with Gasteiger partial charge >= 0.3 is 0 Å². The van der Waals surface area contributed by atoms with Gasteiger partial charge in [0.1, 0.15) is 5.75 Å². The number of benzene rings is 2. The summed E-state index contributed by atoms with van der Waals surface area (Å²) in [5, 5.41) is 4.07. The van der Waals surface area contributed by atoms with Gasteiger partial charge in [0.2, 0.25) is 0 Å². The molecule has 0 fully saturated rings. The third-order valence-electron chi connectivity index (χ3n) is 2.92. The quantitative estimate of drug-likeness (QED) is 0.879. The summed E-state index contributed by atoms with van der Waals surface area (Å²) in [6.07, 6.45) is 0. The number of para-hydroxylation sites is 1. The lowest BCUT2D eigenvalue weighted by atomic mass is 10.1. The van der Waals surface area contributed by atoms with E-state index in [-0.39, 0.29) is 6.04 Å². The lowest BCUT2D eigenvalue weighted by molar-refractivity contribution is 0.407. The number of hydrogen-bond acceptors (Lipinski definition) is 3. The van der Waals surface area contributed by atoms with Crippen molar-refractivity contribution in [3.63, 3.8) is 0 Å². The van der Waals surface area contributed by atoms with Gasteiger partial charge < -0.3 is 15.8 Å². The fourth-order valence-corrected chi connectivity index (χ4v) is 2.19. The lowest BCUT2D eigenvalue weighted by Crippen LogP contribution is -2.21. The van der Waals surface area contributed by atoms with Crippen molar-refractivity contribution in [2.45, 2.75) is 6.04 Å². The Kier molecular flexibility index (Phi) is 4.66. The van der Waals surface area contributed by atoms with Crippen LogP contribution in [0.15, 0.2) is 48.5 Å². The molecule has 0 radical (unpaired) electrons. The summed E-state index contributed by atoms with van der Waals surface area (Å²) in [6.45, 7) is 0.465. The van der Waals surface area contributed by atoms with Crippen molar-refractivity contribution in [3.8, 4) is 5.75 Å². The van der Waals surface area contributed by atoms with Gasteiger partial charge in [0.05, 0.1) is 13.2 Å². The summed E-state index contributed by atoms with van der Waals surface area (Å²) < 4.78 is 5.37. The molecule has 0 bridgehead atoms. The summed E-state index contributed by atoms with van der Waals surface area (Å²) >= 11 is 5.98. The van der Waals surface area contributed by atoms with Crippen LogP contribution >= 0.6 is 11.6 Å². The van der Waals surface area contributed by atoms with Crippen LogP contribution in [0.1, 0.15) is 11.6 Å². The predicted octanol–water partition coefficient (Wildman–Crippen LogP) is 3.46. The van der Waals surface area contributed by atoms with Crippen molar-refractivity contribution in [1.82, 2.24) is 0 Å². The average Bonchev–Trinajstić information content (AvgIpc) is 2.45. The zero-order valence-electron chi connectivity index (χ0n) is 10.8. The van der Waals surface area contributed by atoms with Crippen molar-refractivity contribution < 1.29 is 4.74 Å². The zero-order valence-corrected chi connectivity index (χ0v) is 11.5. The monoisotopic (exact) mass is 276 g/mol. The number of halogens is 1. The first-order valence-electron chi connectivity index (χ1n) is 6.09. The Hall–Kier alpha value is -1.71. The van der Waals surface area contributed by atoms with Crippen molar-refractivity contribution >= 4 is 17.3 Å². The molecule has 1 atom stereocenters. The molecule has 100 valence electrons. The number of nitrogens with one attached hydrogen (secondary N) is 1. The first kappa shape index (κ1) is 13.7. The molecule has 0 amide bonds. The number of rotatable bonds is 5. The van der Waals surface area contributed by atoms with E-state index < -0.39 is 0 Å². The first-order chi connectivity index (χ1) is 9.24. The maximum absolute atomic E-state index is 5.98. The van der Waals surface area contributed by atoms with Gasteiger partial charge in [-0.05, 0) is 24.3 Å². The molecule has 0 aliphatic heterocycles. The SMILES string of the molecule is COc1ccccc1C(CN)Nc1cccc(Cl)c1. The van der Waals surface area contributed by atoms with Gasteiger partial charge in [0.25, 0.3) is 0 Å². The van der Waals surface area contributed by atoms with Gasteiger partial charge in [-0.1, -0.05) is 35.9 Å². The van der Waals surface area contributed by atoms with Crippen LogP contribution in [-0.2, 0) is 0 Å². The highest BCUT2D eigenvalue weighted by Gasteiger charge is 2.14. The Morgan fingerprint density at radius 1 is 1.21 bits per heavy atom. The molecule has 19 heavy (non-hydrogen) atoms. The Balaban J connectivity index is 2.25. The Bertz CT molecular complexity index is 545. The highest BCUT2D eigenvalue weighted by Crippen LogP contribution is 2.27. The van der Waals surface area contributed by atoms with Crippen LogP contribution in [0.5, 0.6) is 5.75 Å². The molecule has 3 N–H and O–H groups in total. The Morgan fingerprint density at radius 2 is 2.00 bits per heavy atom. The summed E-state index contributed by atoms with van der Waals surface area (Å²) in [6, 6.07) is 15.4. The van der Waals surface area contributed by atoms with E-state index in [1.807, 2.05) is 48.5 Å². The van der Waals surface area contributed by atoms with Gasteiger partial charge in [-0.2, -0.15) is 0 Å². The van der Waals surface area contributed by atoms with Crippen LogP contribution in [0.3, 0.4) is 0 Å². The molecule has 3 nitrogen and oxygen atoms in total. The third kappa shape index (κ3) is 3.40. The smallest absolute Gasteiger partial charge is 0.124 e. The van der Waals surface area contributed by atoms with Gasteiger partial charge in [-0.15, -0.1) is 0 Å². The second kappa shape index (κ2) is 6.45. The van der Waals surface area contributed by atoms with Gasteiger partial charge in [-0.25, -0.2) is 0 Å². The summed E-state index contributed by atoms with van der Waals surface area (Å²) in [5.74, 6) is 0.826. The van der Waals surface area contributed by atoms with Crippen molar-refractivity contribution in [2.24, 2.45) is 5.73 Å². The molecular formula is C15H17ClN2O. The predicted molar refractivity (Wildman–Crippen MR) is 79.9 cm³/mol. The topological polar surface area (TPSA) is 47.3 Å². The van der Waals surface area contributed by atoms with Crippen molar-refractivity contribution in [2.75, 3.05) is 19.0 Å². The summed E-state index contributed by atoms with van der Waals surface area (Å²) in [5.41, 5.74) is 7.84. The van der Waals surface area contributed by atoms with Gasteiger partial charge in [0.15, 0.2) is 0 Å². The Morgan fingerprint density at radius 3 is 2.68 bits per heavy atom. The number of anilines is 1. The molecule has 4 heteroatoms. The highest BCUT2D eigenvalue weighted by molar-refractivity contribution is 6.30. The molecule has 2 aromatic rings. The molecule has 0 heterocycles. The van der Waals surface area contributed by atoms with Crippen molar-refractivity contribution in [3.05, 3.63) is 59.1 Å². The average molecular weight is 277 g/mol. The summed E-state index contributed by atoms with van der Waals surface area (Å²) in [4.78, 5) is 0. The molecule has 0 aromatic heterocycles. The molecular weight excluding hydrogens is 260 g/mol. The maximum Gasteiger partial charge on any atom is 0.124 e. The Labute approximate surface area is 118 Å². The van der Waals surface area contributed by atoms with Crippen LogP contribution < -0.4 is 15.8 Å². The first-order valence-corrected chi connectivity index (χ1v) is 6.47. The molecule has 1 unspecified atom stereocenters. The van der Waals surface area contributed by atoms with E-state index in [2.05, 4.69) is 5.32 Å². The van der Waals surface area contributed by atoms with E-state index in [1.54, 1.807) is 7.11 Å². The fourth-order valence-electron chi connectivity index (χ4n) is 2.00. The van der Waals surface area contributed by atoms with Crippen LogP contribution in [0.25, 0.3) is 0 Å². The number of nitrogens with two attached hydrogens (primary N) is 1. The second-order valence-electron chi connectivity index (χ2n) is 4.18. The van der Waals surface area contributed by atoms with Crippen LogP contribution in [0.2, 0.25) is 5.02 Å². The molecule has 2 rings (SSSR count). The zero-order chi connectivity index (χ0) is 13.7. The van der Waals surface area contributed by atoms with E-state index >= 15 is 0 Å². The minimum absolute atomic E-state index is 0.0189. The second-order valence-corrected chi connectivity index (χ2v) is 4.62. The van der Waals surface area contributed by atoms with Gasteiger partial charge in [-0.3, -0.25) is 0 Å². The van der Waals surface area contributed by atoms with E-state index in [0.29, 0.717) is 11.6 Å². The standard InChI is InChI=1S/C15H17ClN2O/c1-19-15-8-3-2-7-13(15)14(10-17)18-12-6-4-5-11(16)9-12/h2-9,14,18H,10,17H2,1H3. The molecule has 2 aromatic carbocycles. The van der Waals surface area contributed by atoms with Crippen LogP contribution in [0.4, 0.5) is 5.69 Å². The molecule has 0 spiro atoms. The highest BCUT2D eigenvalue weighted by atomic mass is 35.5. The molecule has 0 saturated heterocycles. The molecule has 0 saturated carbocycles. The minimum atomic E-state index is -0.0189. The van der Waals surface area contributed by atoms with E-state index in [4.69, 9.17) is 22.1 Å². The summed E-state index contributed by atoms with van der Waals surface area (Å²) in [7, 11) is 1.66. The number of ether oxygens (including phenoxy) is 1. The number of hydrogen-bond donors (Lipinski definition) is 2. The van der Waals surface area contributed by atoms with Crippen molar-refractivity contribution in [1.29, 1.82) is 0 Å². The number of methoxy groups -OCH3 is 1. The maximum atomic E-state index is 5.98. The largest absolute Gasteiger partial charge is 0.496 e. The normalized spacial score (nSPS) is 11.9. The fraction of sp³-hybridized carbons (Fsp3) is 0.200.